The number of likely N-dealkylation sites (tertiary alicyclic amines) is 1. The third kappa shape index (κ3) is 4.18. The Labute approximate surface area is 174 Å². The van der Waals surface area contributed by atoms with Crippen molar-refractivity contribution < 1.29 is 31.5 Å². The number of alkyl halides is 3. The summed E-state index contributed by atoms with van der Waals surface area (Å²) in [4.78, 5) is 25.1. The molecule has 0 aliphatic carbocycles. The summed E-state index contributed by atoms with van der Waals surface area (Å²) in [7, 11) is 0. The number of rotatable bonds is 7. The van der Waals surface area contributed by atoms with E-state index in [-0.39, 0.29) is 25.2 Å². The molecule has 2 aliphatic rings. The number of halogens is 6. The SMILES string of the molecule is CC1([C@@H](NC(=O)C2CNC(=O)N2)c2ccc(F)c(Cl)c2F)CN(C(CF)C(F)F)C1. The third-order valence-electron chi connectivity index (χ3n) is 5.49. The van der Waals surface area contributed by atoms with E-state index in [9.17, 15) is 31.5 Å². The van der Waals surface area contributed by atoms with Crippen LogP contribution in [0.1, 0.15) is 18.5 Å². The van der Waals surface area contributed by atoms with Gasteiger partial charge in [-0.3, -0.25) is 9.69 Å². The Morgan fingerprint density at radius 2 is 2.03 bits per heavy atom. The molecule has 3 atom stereocenters. The highest BCUT2D eigenvalue weighted by Crippen LogP contribution is 2.45. The Morgan fingerprint density at radius 3 is 2.57 bits per heavy atom. The van der Waals surface area contributed by atoms with Gasteiger partial charge in [0.1, 0.15) is 29.4 Å². The Kier molecular flexibility index (Phi) is 6.42. The molecule has 2 unspecified atom stereocenters. The quantitative estimate of drug-likeness (QED) is 0.437. The molecule has 12 heteroatoms. The number of hydrogen-bond acceptors (Lipinski definition) is 3. The number of carbonyl (C=O) groups excluding carboxylic acids is 2. The molecule has 3 N–H and O–H groups in total. The van der Waals surface area contributed by atoms with Crippen molar-refractivity contribution in [1.29, 1.82) is 0 Å². The standard InChI is InChI=1S/C18H20ClF5N4O2/c1-18(6-28(7-18)11(4-20)15(23)24)14(8-2-3-9(21)12(19)13(8)22)27-16(29)10-5-25-17(30)26-10/h2-3,10-11,14-15H,4-7H2,1H3,(H,27,29)(H2,25,26,30)/t10?,11?,14-/m0/s1. The summed E-state index contributed by atoms with van der Waals surface area (Å²) in [5.41, 5.74) is -1.11. The lowest BCUT2D eigenvalue weighted by atomic mass is 9.71. The number of carbonyl (C=O) groups is 2. The van der Waals surface area contributed by atoms with E-state index < -0.39 is 65.2 Å². The number of nitrogens with one attached hydrogen (secondary N) is 3. The van der Waals surface area contributed by atoms with Crippen LogP contribution in [0.25, 0.3) is 0 Å². The summed E-state index contributed by atoms with van der Waals surface area (Å²) in [5.74, 6) is -2.73. The zero-order valence-corrected chi connectivity index (χ0v) is 16.6. The van der Waals surface area contributed by atoms with E-state index in [1.807, 2.05) is 0 Å². The van der Waals surface area contributed by atoms with E-state index in [2.05, 4.69) is 16.0 Å². The minimum absolute atomic E-state index is 0.00217. The first-order valence-electron chi connectivity index (χ1n) is 9.13. The number of urea groups is 1. The fourth-order valence-corrected chi connectivity index (χ4v) is 4.04. The van der Waals surface area contributed by atoms with Crippen LogP contribution >= 0.6 is 11.6 Å². The average Bonchev–Trinajstić information content (AvgIpc) is 3.10. The van der Waals surface area contributed by atoms with Crippen molar-refractivity contribution in [3.63, 3.8) is 0 Å². The summed E-state index contributed by atoms with van der Waals surface area (Å²) in [6.45, 7) is 0.210. The Bertz CT molecular complexity index is 837. The van der Waals surface area contributed by atoms with Crippen LogP contribution in [0, 0.1) is 17.0 Å². The Balaban J connectivity index is 1.88. The molecule has 2 fully saturated rings. The molecule has 3 rings (SSSR count). The van der Waals surface area contributed by atoms with Crippen LogP contribution in [-0.2, 0) is 4.79 Å². The minimum Gasteiger partial charge on any atom is -0.347 e. The lowest BCUT2D eigenvalue weighted by Crippen LogP contribution is -2.65. The lowest BCUT2D eigenvalue weighted by molar-refractivity contribution is -0.129. The number of nitrogens with zero attached hydrogens (tertiary/aromatic N) is 1. The van der Waals surface area contributed by atoms with Crippen molar-refractivity contribution in [1.82, 2.24) is 20.9 Å². The van der Waals surface area contributed by atoms with Crippen LogP contribution in [0.15, 0.2) is 12.1 Å². The van der Waals surface area contributed by atoms with E-state index >= 15 is 0 Å². The van der Waals surface area contributed by atoms with Crippen molar-refractivity contribution in [2.75, 3.05) is 26.3 Å². The summed E-state index contributed by atoms with van der Waals surface area (Å²) < 4.78 is 67.5. The lowest BCUT2D eigenvalue weighted by Gasteiger charge is -2.54. The third-order valence-corrected chi connectivity index (χ3v) is 5.84. The molecule has 0 saturated carbocycles. The first-order valence-corrected chi connectivity index (χ1v) is 9.51. The van der Waals surface area contributed by atoms with Gasteiger partial charge in [0.2, 0.25) is 5.91 Å². The van der Waals surface area contributed by atoms with E-state index in [1.165, 1.54) is 4.90 Å². The average molecular weight is 455 g/mol. The van der Waals surface area contributed by atoms with Crippen LogP contribution in [0.3, 0.4) is 0 Å². The maximum atomic E-state index is 14.7. The molecule has 0 bridgehead atoms. The number of hydrogen-bond donors (Lipinski definition) is 3. The predicted molar refractivity (Wildman–Crippen MR) is 98.0 cm³/mol. The first-order chi connectivity index (χ1) is 14.1. The first kappa shape index (κ1) is 22.5. The summed E-state index contributed by atoms with van der Waals surface area (Å²) in [6.07, 6.45) is -2.91. The zero-order valence-electron chi connectivity index (χ0n) is 15.8. The molecule has 0 radical (unpaired) electrons. The minimum atomic E-state index is -2.91. The summed E-state index contributed by atoms with van der Waals surface area (Å²) in [6, 6.07) is -2.14. The van der Waals surface area contributed by atoms with Gasteiger partial charge in [0, 0.05) is 30.6 Å². The van der Waals surface area contributed by atoms with Gasteiger partial charge in [-0.1, -0.05) is 24.6 Å². The van der Waals surface area contributed by atoms with Gasteiger partial charge in [-0.2, -0.15) is 0 Å². The largest absolute Gasteiger partial charge is 0.347 e. The number of benzene rings is 1. The van der Waals surface area contributed by atoms with Gasteiger partial charge in [0.15, 0.2) is 0 Å². The monoisotopic (exact) mass is 454 g/mol. The van der Waals surface area contributed by atoms with Crippen molar-refractivity contribution in [2.45, 2.75) is 31.5 Å². The highest BCUT2D eigenvalue weighted by Gasteiger charge is 2.51. The highest BCUT2D eigenvalue weighted by molar-refractivity contribution is 6.31. The molecule has 0 spiro atoms. The second-order valence-corrected chi connectivity index (χ2v) is 8.11. The second-order valence-electron chi connectivity index (χ2n) is 7.73. The van der Waals surface area contributed by atoms with Crippen LogP contribution in [-0.4, -0.2) is 61.7 Å². The smallest absolute Gasteiger partial charge is 0.315 e. The van der Waals surface area contributed by atoms with Crippen LogP contribution in [0.2, 0.25) is 5.02 Å². The molecule has 1 aromatic carbocycles. The predicted octanol–water partition coefficient (Wildman–Crippen LogP) is 2.38. The molecule has 166 valence electrons. The van der Waals surface area contributed by atoms with E-state index in [0.717, 1.165) is 12.1 Å². The van der Waals surface area contributed by atoms with Gasteiger partial charge in [-0.05, 0) is 6.07 Å². The van der Waals surface area contributed by atoms with Crippen molar-refractivity contribution in [3.05, 3.63) is 34.4 Å². The van der Waals surface area contributed by atoms with Crippen molar-refractivity contribution >= 4 is 23.5 Å². The molecule has 2 heterocycles. The summed E-state index contributed by atoms with van der Waals surface area (Å²) in [5, 5.41) is 6.64. The van der Waals surface area contributed by atoms with Gasteiger partial charge in [-0.25, -0.2) is 26.7 Å². The van der Waals surface area contributed by atoms with Crippen LogP contribution < -0.4 is 16.0 Å². The van der Waals surface area contributed by atoms with E-state index in [1.54, 1.807) is 6.92 Å². The van der Waals surface area contributed by atoms with E-state index in [0.29, 0.717) is 0 Å². The molecule has 1 aromatic rings. The molecular weight excluding hydrogens is 435 g/mol. The van der Waals surface area contributed by atoms with E-state index in [4.69, 9.17) is 11.6 Å². The van der Waals surface area contributed by atoms with Gasteiger partial charge < -0.3 is 16.0 Å². The van der Waals surface area contributed by atoms with Crippen molar-refractivity contribution in [3.8, 4) is 0 Å². The second kappa shape index (κ2) is 8.54. The van der Waals surface area contributed by atoms with Gasteiger partial charge in [-0.15, -0.1) is 0 Å². The number of amides is 3. The topological polar surface area (TPSA) is 73.5 Å². The molecule has 30 heavy (non-hydrogen) atoms. The highest BCUT2D eigenvalue weighted by atomic mass is 35.5. The maximum Gasteiger partial charge on any atom is 0.315 e. The molecule has 3 amide bonds. The molecule has 0 aromatic heterocycles. The Hall–Kier alpha value is -2.14. The molecule has 6 nitrogen and oxygen atoms in total. The molecular formula is C18H20ClF5N4O2. The van der Waals surface area contributed by atoms with Crippen molar-refractivity contribution in [2.24, 2.45) is 5.41 Å². The van der Waals surface area contributed by atoms with Gasteiger partial charge >= 0.3 is 6.03 Å². The normalized spacial score (nSPS) is 22.8. The Morgan fingerprint density at radius 1 is 1.37 bits per heavy atom. The van der Waals surface area contributed by atoms with Gasteiger partial charge in [0.05, 0.1) is 12.1 Å². The van der Waals surface area contributed by atoms with Crippen LogP contribution in [0.5, 0.6) is 0 Å². The fourth-order valence-electron chi connectivity index (χ4n) is 3.87. The van der Waals surface area contributed by atoms with Crippen LogP contribution in [0.4, 0.5) is 26.7 Å². The fraction of sp³-hybridized carbons (Fsp3) is 0.556. The maximum absolute atomic E-state index is 14.7. The molecule has 2 saturated heterocycles. The zero-order chi connectivity index (χ0) is 22.2. The van der Waals surface area contributed by atoms with Gasteiger partial charge in [0.25, 0.3) is 6.43 Å². The molecule has 2 aliphatic heterocycles. The summed E-state index contributed by atoms with van der Waals surface area (Å²) >= 11 is 5.68.